The van der Waals surface area contributed by atoms with Crippen LogP contribution < -0.4 is 9.64 Å². The molecule has 0 aromatic heterocycles. The Bertz CT molecular complexity index is 641. The van der Waals surface area contributed by atoms with Gasteiger partial charge in [-0.25, -0.2) is 8.78 Å². The van der Waals surface area contributed by atoms with E-state index in [1.807, 2.05) is 0 Å². The summed E-state index contributed by atoms with van der Waals surface area (Å²) in [5.41, 5.74) is 0.538. The number of benzene rings is 2. The molecule has 0 aliphatic rings. The highest BCUT2D eigenvalue weighted by Gasteiger charge is 2.15. The zero-order valence-electron chi connectivity index (χ0n) is 11.8. The van der Waals surface area contributed by atoms with E-state index in [2.05, 4.69) is 0 Å². The molecule has 0 saturated carbocycles. The van der Waals surface area contributed by atoms with Gasteiger partial charge in [0.25, 0.3) is 0 Å². The van der Waals surface area contributed by atoms with Crippen LogP contribution in [0.5, 0.6) is 5.75 Å². The minimum absolute atomic E-state index is 0.0489. The molecule has 3 nitrogen and oxygen atoms in total. The quantitative estimate of drug-likeness (QED) is 0.792. The van der Waals surface area contributed by atoms with Gasteiger partial charge in [-0.2, -0.15) is 0 Å². The van der Waals surface area contributed by atoms with Crippen molar-refractivity contribution in [2.75, 3.05) is 25.6 Å². The number of carbonyl (C=O) groups excluding carboxylic acids is 1. The van der Waals surface area contributed by atoms with Gasteiger partial charge in [-0.05, 0) is 42.5 Å². The molecule has 0 aliphatic heterocycles. The highest BCUT2D eigenvalue weighted by atomic mass is 19.1. The maximum absolute atomic E-state index is 13.5. The standard InChI is InChI=1S/C16H15F2NO2/c1-19(12-4-6-13(21-2)7-5-12)10-16(20)14-9-11(17)3-8-15(14)18/h3-9H,10H2,1-2H3. The molecule has 0 N–H and O–H groups in total. The molecule has 2 rings (SSSR count). The Hall–Kier alpha value is -2.43. The van der Waals surface area contributed by atoms with Crippen molar-refractivity contribution in [2.45, 2.75) is 0 Å². The average Bonchev–Trinajstić information content (AvgIpc) is 2.49. The van der Waals surface area contributed by atoms with Gasteiger partial charge in [0, 0.05) is 12.7 Å². The zero-order valence-corrected chi connectivity index (χ0v) is 11.8. The van der Waals surface area contributed by atoms with Crippen LogP contribution in [-0.2, 0) is 0 Å². The summed E-state index contributed by atoms with van der Waals surface area (Å²) in [7, 11) is 3.27. The fraction of sp³-hybridized carbons (Fsp3) is 0.188. The Morgan fingerprint density at radius 1 is 1.14 bits per heavy atom. The van der Waals surface area contributed by atoms with E-state index < -0.39 is 17.4 Å². The average molecular weight is 291 g/mol. The van der Waals surface area contributed by atoms with Gasteiger partial charge in [-0.3, -0.25) is 4.79 Å². The number of carbonyl (C=O) groups is 1. The van der Waals surface area contributed by atoms with Gasteiger partial charge in [-0.1, -0.05) is 0 Å². The summed E-state index contributed by atoms with van der Waals surface area (Å²) in [6, 6.07) is 9.95. The van der Waals surface area contributed by atoms with E-state index in [1.165, 1.54) is 0 Å². The molecule has 0 radical (unpaired) electrons. The Labute approximate surface area is 121 Å². The number of nitrogens with zero attached hydrogens (tertiary/aromatic N) is 1. The van der Waals surface area contributed by atoms with Crippen molar-refractivity contribution in [3.05, 3.63) is 59.7 Å². The number of halogens is 2. The third-order valence-electron chi connectivity index (χ3n) is 3.12. The van der Waals surface area contributed by atoms with Crippen molar-refractivity contribution in [1.82, 2.24) is 0 Å². The van der Waals surface area contributed by atoms with Crippen LogP contribution in [0.3, 0.4) is 0 Å². The topological polar surface area (TPSA) is 29.5 Å². The van der Waals surface area contributed by atoms with E-state index in [0.717, 1.165) is 23.9 Å². The van der Waals surface area contributed by atoms with Gasteiger partial charge in [0.1, 0.15) is 17.4 Å². The lowest BCUT2D eigenvalue weighted by atomic mass is 10.1. The van der Waals surface area contributed by atoms with Crippen molar-refractivity contribution >= 4 is 11.5 Å². The van der Waals surface area contributed by atoms with E-state index in [4.69, 9.17) is 4.74 Å². The number of methoxy groups -OCH3 is 1. The first-order valence-electron chi connectivity index (χ1n) is 6.34. The number of hydrogen-bond acceptors (Lipinski definition) is 3. The monoisotopic (exact) mass is 291 g/mol. The summed E-state index contributed by atoms with van der Waals surface area (Å²) in [5, 5.41) is 0. The number of Topliss-reactive ketones (excluding diaryl/α,β-unsaturated/α-hetero) is 1. The van der Waals surface area contributed by atoms with Crippen LogP contribution in [0.25, 0.3) is 0 Å². The molecule has 0 fully saturated rings. The molecule has 0 unspecified atom stereocenters. The van der Waals surface area contributed by atoms with Crippen LogP contribution in [0.1, 0.15) is 10.4 Å². The van der Waals surface area contributed by atoms with Gasteiger partial charge in [0.15, 0.2) is 5.78 Å². The van der Waals surface area contributed by atoms with Gasteiger partial charge >= 0.3 is 0 Å². The summed E-state index contributed by atoms with van der Waals surface area (Å²) in [4.78, 5) is 13.7. The summed E-state index contributed by atoms with van der Waals surface area (Å²) in [6.07, 6.45) is 0. The van der Waals surface area contributed by atoms with Gasteiger partial charge in [0.05, 0.1) is 19.2 Å². The Morgan fingerprint density at radius 3 is 2.43 bits per heavy atom. The number of anilines is 1. The van der Waals surface area contributed by atoms with Crippen LogP contribution in [0, 0.1) is 11.6 Å². The van der Waals surface area contributed by atoms with Crippen LogP contribution in [0.15, 0.2) is 42.5 Å². The predicted molar refractivity (Wildman–Crippen MR) is 77.0 cm³/mol. The number of hydrogen-bond donors (Lipinski definition) is 0. The normalized spacial score (nSPS) is 10.3. The molecular formula is C16H15F2NO2. The van der Waals surface area contributed by atoms with E-state index in [-0.39, 0.29) is 12.1 Å². The SMILES string of the molecule is COc1ccc(N(C)CC(=O)c2cc(F)ccc2F)cc1. The molecule has 0 aliphatic carbocycles. The van der Waals surface area contributed by atoms with E-state index in [0.29, 0.717) is 5.75 Å². The maximum atomic E-state index is 13.5. The summed E-state index contributed by atoms with van der Waals surface area (Å²) in [5.74, 6) is -1.13. The third-order valence-corrected chi connectivity index (χ3v) is 3.12. The first-order chi connectivity index (χ1) is 10.0. The lowest BCUT2D eigenvalue weighted by molar-refractivity contribution is 0.0996. The van der Waals surface area contributed by atoms with Gasteiger partial charge in [-0.15, -0.1) is 0 Å². The number of ketones is 1. The van der Waals surface area contributed by atoms with Crippen LogP contribution in [0.4, 0.5) is 14.5 Å². The lowest BCUT2D eigenvalue weighted by Crippen LogP contribution is -2.26. The highest BCUT2D eigenvalue weighted by molar-refractivity contribution is 5.99. The minimum atomic E-state index is -0.718. The molecule has 2 aromatic carbocycles. The molecule has 110 valence electrons. The Morgan fingerprint density at radius 2 is 1.81 bits per heavy atom. The largest absolute Gasteiger partial charge is 0.497 e. The van der Waals surface area contributed by atoms with Gasteiger partial charge < -0.3 is 9.64 Å². The molecule has 0 amide bonds. The predicted octanol–water partition coefficient (Wildman–Crippen LogP) is 3.29. The lowest BCUT2D eigenvalue weighted by Gasteiger charge is -2.18. The van der Waals surface area contributed by atoms with Crippen LogP contribution in [-0.4, -0.2) is 26.5 Å². The second-order valence-electron chi connectivity index (χ2n) is 4.60. The van der Waals surface area contributed by atoms with Gasteiger partial charge in [0.2, 0.25) is 0 Å². The second-order valence-corrected chi connectivity index (χ2v) is 4.60. The van der Waals surface area contributed by atoms with Crippen molar-refractivity contribution < 1.29 is 18.3 Å². The van der Waals surface area contributed by atoms with E-state index >= 15 is 0 Å². The van der Waals surface area contributed by atoms with Crippen molar-refractivity contribution in [3.8, 4) is 5.75 Å². The highest BCUT2D eigenvalue weighted by Crippen LogP contribution is 2.19. The maximum Gasteiger partial charge on any atom is 0.185 e. The molecule has 0 spiro atoms. The Balaban J connectivity index is 2.12. The molecule has 0 heterocycles. The summed E-state index contributed by atoms with van der Waals surface area (Å²) in [6.45, 7) is -0.0489. The smallest absolute Gasteiger partial charge is 0.185 e. The fourth-order valence-electron chi connectivity index (χ4n) is 1.94. The zero-order chi connectivity index (χ0) is 15.4. The Kier molecular flexibility index (Phi) is 4.52. The molecule has 0 atom stereocenters. The van der Waals surface area contributed by atoms with E-state index in [1.54, 1.807) is 43.3 Å². The molecule has 21 heavy (non-hydrogen) atoms. The second kappa shape index (κ2) is 6.35. The number of likely N-dealkylation sites (N-methyl/N-ethyl adjacent to an activating group) is 1. The van der Waals surface area contributed by atoms with Crippen molar-refractivity contribution in [3.63, 3.8) is 0 Å². The van der Waals surface area contributed by atoms with Crippen LogP contribution >= 0.6 is 0 Å². The molecule has 5 heteroatoms. The molecule has 0 saturated heterocycles. The molecule has 2 aromatic rings. The third kappa shape index (κ3) is 3.56. The first-order valence-corrected chi connectivity index (χ1v) is 6.34. The van der Waals surface area contributed by atoms with Crippen molar-refractivity contribution in [2.24, 2.45) is 0 Å². The van der Waals surface area contributed by atoms with Crippen molar-refractivity contribution in [1.29, 1.82) is 0 Å². The molecular weight excluding hydrogens is 276 g/mol. The minimum Gasteiger partial charge on any atom is -0.497 e. The summed E-state index contributed by atoms with van der Waals surface area (Å²) >= 11 is 0. The first kappa shape index (κ1) is 15.0. The summed E-state index contributed by atoms with van der Waals surface area (Å²) < 4.78 is 31.7. The molecule has 0 bridgehead atoms. The van der Waals surface area contributed by atoms with E-state index in [9.17, 15) is 13.6 Å². The number of rotatable bonds is 5. The fourth-order valence-corrected chi connectivity index (χ4v) is 1.94. The number of ether oxygens (including phenoxy) is 1. The van der Waals surface area contributed by atoms with Crippen LogP contribution in [0.2, 0.25) is 0 Å².